The second-order valence-electron chi connectivity index (χ2n) is 4.59. The number of aromatic nitrogens is 2. The van der Waals surface area contributed by atoms with Crippen molar-refractivity contribution in [1.29, 1.82) is 0 Å². The normalized spacial score (nSPS) is 11.8. The molecule has 1 heterocycles. The molecule has 24 heavy (non-hydrogen) atoms. The van der Waals surface area contributed by atoms with Crippen molar-refractivity contribution in [3.8, 4) is 5.75 Å². The summed E-state index contributed by atoms with van der Waals surface area (Å²) in [7, 11) is 1.57. The fourth-order valence-electron chi connectivity index (χ4n) is 1.69. The molecule has 0 N–H and O–H groups in total. The van der Waals surface area contributed by atoms with Gasteiger partial charge in [-0.15, -0.1) is 0 Å². The summed E-state index contributed by atoms with van der Waals surface area (Å²) in [6.07, 6.45) is 1.60. The van der Waals surface area contributed by atoms with E-state index in [4.69, 9.17) is 21.1 Å². The highest BCUT2D eigenvalue weighted by Gasteiger charge is 2.18. The molecule has 1 unspecified atom stereocenters. The summed E-state index contributed by atoms with van der Waals surface area (Å²) in [6.45, 7) is 3.90. The molecule has 0 spiro atoms. The number of methoxy groups -OCH3 is 1. The van der Waals surface area contributed by atoms with Crippen molar-refractivity contribution in [2.75, 3.05) is 13.7 Å². The summed E-state index contributed by atoms with van der Waals surface area (Å²) in [6, 6.07) is 7.44. The van der Waals surface area contributed by atoms with Crippen LogP contribution >= 0.6 is 35.1 Å². The van der Waals surface area contributed by atoms with Crippen LogP contribution in [-0.2, 0) is 9.53 Å². The quantitative estimate of drug-likeness (QED) is 0.304. The molecule has 0 aliphatic carbocycles. The molecule has 128 valence electrons. The Morgan fingerprint density at radius 2 is 2.04 bits per heavy atom. The molecule has 1 atom stereocenters. The molecule has 1 aromatic carbocycles. The van der Waals surface area contributed by atoms with Gasteiger partial charge in [0.15, 0.2) is 10.9 Å². The Balaban J connectivity index is 2.17. The Bertz CT molecular complexity index is 698. The average molecular weight is 385 g/mol. The Morgan fingerprint density at radius 1 is 1.33 bits per heavy atom. The molecule has 0 saturated carbocycles. The molecule has 8 heteroatoms. The monoisotopic (exact) mass is 384 g/mol. The number of ether oxygens (including phenoxy) is 2. The number of carbonyl (C=O) groups excluding carboxylic acids is 1. The summed E-state index contributed by atoms with van der Waals surface area (Å²) in [5.41, 5.74) is 0. The number of thioether (sulfide) groups is 1. The first kappa shape index (κ1) is 18.9. The van der Waals surface area contributed by atoms with Crippen LogP contribution in [0.25, 0.3) is 0 Å². The fraction of sp³-hybridized carbons (Fsp3) is 0.312. The Labute approximate surface area is 154 Å². The number of carbonyl (C=O) groups is 1. The van der Waals surface area contributed by atoms with Crippen LogP contribution < -0.4 is 4.74 Å². The Hall–Kier alpha value is -1.44. The van der Waals surface area contributed by atoms with Crippen molar-refractivity contribution in [2.45, 2.75) is 34.2 Å². The maximum absolute atomic E-state index is 11.7. The molecule has 0 bridgehead atoms. The van der Waals surface area contributed by atoms with Crippen LogP contribution in [0, 0.1) is 0 Å². The first-order chi connectivity index (χ1) is 11.5. The van der Waals surface area contributed by atoms with Crippen molar-refractivity contribution in [2.24, 2.45) is 0 Å². The van der Waals surface area contributed by atoms with E-state index in [0.717, 1.165) is 4.90 Å². The number of rotatable bonds is 7. The molecule has 0 saturated heterocycles. The van der Waals surface area contributed by atoms with Gasteiger partial charge in [-0.05, 0) is 38.1 Å². The van der Waals surface area contributed by atoms with Crippen molar-refractivity contribution in [3.05, 3.63) is 35.5 Å². The number of esters is 1. The molecule has 1 aromatic heterocycles. The molecule has 5 nitrogen and oxygen atoms in total. The average Bonchev–Trinajstić information content (AvgIpc) is 2.57. The first-order valence-electron chi connectivity index (χ1n) is 7.21. The van der Waals surface area contributed by atoms with Crippen molar-refractivity contribution in [1.82, 2.24) is 9.97 Å². The lowest BCUT2D eigenvalue weighted by Gasteiger charge is -2.11. The lowest BCUT2D eigenvalue weighted by atomic mass is 10.4. The largest absolute Gasteiger partial charge is 0.492 e. The first-order valence-corrected chi connectivity index (χ1v) is 9.28. The third-order valence-electron chi connectivity index (χ3n) is 2.85. The SMILES string of the molecule is CCOC(=O)C(C)Sc1ncc(OC)c(Sc2ccc(Cl)cc2)n1. The van der Waals surface area contributed by atoms with E-state index in [1.54, 1.807) is 27.2 Å². The highest BCUT2D eigenvalue weighted by atomic mass is 35.5. The van der Waals surface area contributed by atoms with Crippen LogP contribution in [0.1, 0.15) is 13.8 Å². The Morgan fingerprint density at radius 3 is 2.67 bits per heavy atom. The van der Waals surface area contributed by atoms with Gasteiger partial charge in [0.1, 0.15) is 10.3 Å². The van der Waals surface area contributed by atoms with Crippen molar-refractivity contribution < 1.29 is 14.3 Å². The molecule has 2 aromatic rings. The minimum absolute atomic E-state index is 0.283. The van der Waals surface area contributed by atoms with Gasteiger partial charge in [-0.2, -0.15) is 0 Å². The molecule has 0 radical (unpaired) electrons. The van der Waals surface area contributed by atoms with Gasteiger partial charge in [0, 0.05) is 9.92 Å². The summed E-state index contributed by atoms with van der Waals surface area (Å²) in [4.78, 5) is 21.4. The van der Waals surface area contributed by atoms with E-state index in [1.165, 1.54) is 23.5 Å². The molecule has 0 aliphatic heterocycles. The van der Waals surface area contributed by atoms with Crippen LogP contribution in [0.4, 0.5) is 0 Å². The molecule has 0 aliphatic rings. The number of nitrogens with zero attached hydrogens (tertiary/aromatic N) is 2. The minimum Gasteiger partial charge on any atom is -0.492 e. The minimum atomic E-state index is -0.383. The van der Waals surface area contributed by atoms with Crippen LogP contribution in [0.2, 0.25) is 5.02 Å². The van der Waals surface area contributed by atoms with E-state index >= 15 is 0 Å². The number of benzene rings is 1. The van der Waals surface area contributed by atoms with Crippen LogP contribution in [0.15, 0.2) is 45.5 Å². The predicted octanol–water partition coefficient (Wildman–Crippen LogP) is 4.33. The lowest BCUT2D eigenvalue weighted by molar-refractivity contribution is -0.142. The topological polar surface area (TPSA) is 61.3 Å². The predicted molar refractivity (Wildman–Crippen MR) is 96.1 cm³/mol. The lowest BCUT2D eigenvalue weighted by Crippen LogP contribution is -2.17. The highest BCUT2D eigenvalue weighted by Crippen LogP contribution is 2.35. The van der Waals surface area contributed by atoms with E-state index in [0.29, 0.717) is 27.6 Å². The number of halogens is 1. The Kier molecular flexibility index (Phi) is 7.20. The van der Waals surface area contributed by atoms with Gasteiger partial charge in [0.05, 0.1) is 19.9 Å². The van der Waals surface area contributed by atoms with E-state index < -0.39 is 0 Å². The van der Waals surface area contributed by atoms with Gasteiger partial charge in [-0.25, -0.2) is 9.97 Å². The second kappa shape index (κ2) is 9.15. The summed E-state index contributed by atoms with van der Waals surface area (Å²) < 4.78 is 10.3. The van der Waals surface area contributed by atoms with Gasteiger partial charge in [-0.1, -0.05) is 35.1 Å². The van der Waals surface area contributed by atoms with Gasteiger partial charge < -0.3 is 9.47 Å². The molecule has 0 fully saturated rings. The maximum atomic E-state index is 11.7. The third-order valence-corrected chi connectivity index (χ3v) is 5.05. The summed E-state index contributed by atoms with van der Waals surface area (Å²) in [5, 5.41) is 1.46. The van der Waals surface area contributed by atoms with E-state index in [9.17, 15) is 4.79 Å². The van der Waals surface area contributed by atoms with Crippen molar-refractivity contribution >= 4 is 41.1 Å². The smallest absolute Gasteiger partial charge is 0.319 e. The van der Waals surface area contributed by atoms with E-state index in [2.05, 4.69) is 9.97 Å². The summed E-state index contributed by atoms with van der Waals surface area (Å²) in [5.74, 6) is 0.289. The molecular formula is C16H17ClN2O3S2. The van der Waals surface area contributed by atoms with Gasteiger partial charge in [0.2, 0.25) is 0 Å². The summed E-state index contributed by atoms with van der Waals surface area (Å²) >= 11 is 8.60. The fourth-order valence-corrected chi connectivity index (χ4v) is 3.48. The van der Waals surface area contributed by atoms with Crippen LogP contribution in [0.3, 0.4) is 0 Å². The zero-order chi connectivity index (χ0) is 17.5. The van der Waals surface area contributed by atoms with Crippen LogP contribution in [-0.4, -0.2) is 34.9 Å². The molecular weight excluding hydrogens is 368 g/mol. The highest BCUT2D eigenvalue weighted by molar-refractivity contribution is 8.00. The second-order valence-corrected chi connectivity index (χ2v) is 7.40. The van der Waals surface area contributed by atoms with Gasteiger partial charge in [0.25, 0.3) is 0 Å². The number of hydrogen-bond donors (Lipinski definition) is 0. The van der Waals surface area contributed by atoms with Crippen LogP contribution in [0.5, 0.6) is 5.75 Å². The third kappa shape index (κ3) is 5.29. The standard InChI is InChI=1S/C16H17ClN2O3S2/c1-4-22-15(20)10(2)23-16-18-9-13(21-3)14(19-16)24-12-7-5-11(17)6-8-12/h5-10H,4H2,1-3H3. The zero-order valence-electron chi connectivity index (χ0n) is 13.5. The van der Waals surface area contributed by atoms with Crippen molar-refractivity contribution in [3.63, 3.8) is 0 Å². The number of hydrogen-bond acceptors (Lipinski definition) is 7. The van der Waals surface area contributed by atoms with E-state index in [1.807, 2.05) is 24.3 Å². The molecule has 2 rings (SSSR count). The molecule has 0 amide bonds. The van der Waals surface area contributed by atoms with Gasteiger partial charge in [-0.3, -0.25) is 4.79 Å². The zero-order valence-corrected chi connectivity index (χ0v) is 15.9. The van der Waals surface area contributed by atoms with Gasteiger partial charge >= 0.3 is 5.97 Å². The van der Waals surface area contributed by atoms with E-state index in [-0.39, 0.29) is 11.2 Å². The maximum Gasteiger partial charge on any atom is 0.319 e.